The molecule has 0 saturated carbocycles. The van der Waals surface area contributed by atoms with E-state index >= 15 is 0 Å². The van der Waals surface area contributed by atoms with Crippen LogP contribution in [0.1, 0.15) is 23.1 Å². The SMILES string of the molecule is C[C@H]1CN(C#N)C[C@@H]1CC(=O)c1ncc(-c2ccccc2)s1. The Morgan fingerprint density at radius 3 is 2.86 bits per heavy atom. The molecule has 5 heteroatoms. The molecule has 2 heterocycles. The van der Waals surface area contributed by atoms with Crippen LogP contribution in [-0.2, 0) is 0 Å². The van der Waals surface area contributed by atoms with Crippen LogP contribution < -0.4 is 0 Å². The van der Waals surface area contributed by atoms with Crippen molar-refractivity contribution in [2.45, 2.75) is 13.3 Å². The maximum absolute atomic E-state index is 12.4. The molecule has 3 rings (SSSR count). The van der Waals surface area contributed by atoms with Crippen LogP contribution in [0.25, 0.3) is 10.4 Å². The normalized spacial score (nSPS) is 20.8. The number of Topliss-reactive ketones (excluding diaryl/α,β-unsaturated/α-hetero) is 1. The Balaban J connectivity index is 1.69. The number of carbonyl (C=O) groups excluding carboxylic acids is 1. The number of benzene rings is 1. The van der Waals surface area contributed by atoms with Crippen molar-refractivity contribution in [3.05, 3.63) is 41.5 Å². The Labute approximate surface area is 134 Å². The Bertz CT molecular complexity index is 704. The number of rotatable bonds is 4. The first-order valence-corrected chi connectivity index (χ1v) is 8.18. The Morgan fingerprint density at radius 2 is 2.18 bits per heavy atom. The van der Waals surface area contributed by atoms with E-state index in [2.05, 4.69) is 18.1 Å². The second kappa shape index (κ2) is 6.29. The van der Waals surface area contributed by atoms with Gasteiger partial charge in [-0.25, -0.2) is 4.98 Å². The van der Waals surface area contributed by atoms with Crippen molar-refractivity contribution in [3.63, 3.8) is 0 Å². The molecule has 1 aromatic heterocycles. The number of aromatic nitrogens is 1. The quantitative estimate of drug-likeness (QED) is 0.641. The lowest BCUT2D eigenvalue weighted by atomic mass is 9.93. The maximum Gasteiger partial charge on any atom is 0.191 e. The summed E-state index contributed by atoms with van der Waals surface area (Å²) >= 11 is 1.45. The molecule has 2 atom stereocenters. The first kappa shape index (κ1) is 14.7. The topological polar surface area (TPSA) is 57.0 Å². The summed E-state index contributed by atoms with van der Waals surface area (Å²) in [5, 5.41) is 9.53. The number of thiazole rings is 1. The molecule has 1 fully saturated rings. The van der Waals surface area contributed by atoms with E-state index in [-0.39, 0.29) is 11.7 Å². The van der Waals surface area contributed by atoms with Crippen LogP contribution in [0, 0.1) is 23.3 Å². The fourth-order valence-electron chi connectivity index (χ4n) is 2.85. The number of nitriles is 1. The van der Waals surface area contributed by atoms with Crippen molar-refractivity contribution in [3.8, 4) is 16.6 Å². The standard InChI is InChI=1S/C17H17N3OS/c1-12-9-20(11-18)10-14(12)7-15(21)17-19-8-16(22-17)13-5-3-2-4-6-13/h2-6,8,12,14H,7,9-10H2,1H3/t12-,14-/m0/s1. The molecule has 22 heavy (non-hydrogen) atoms. The molecule has 1 saturated heterocycles. The predicted octanol–water partition coefficient (Wildman–Crippen LogP) is 3.43. The van der Waals surface area contributed by atoms with E-state index in [9.17, 15) is 4.79 Å². The average Bonchev–Trinajstić information content (AvgIpc) is 3.16. The van der Waals surface area contributed by atoms with Gasteiger partial charge in [-0.3, -0.25) is 4.79 Å². The number of likely N-dealkylation sites (tertiary alicyclic amines) is 1. The fourth-order valence-corrected chi connectivity index (χ4v) is 3.72. The molecule has 2 aromatic rings. The van der Waals surface area contributed by atoms with Crippen molar-refractivity contribution in [2.24, 2.45) is 11.8 Å². The third-order valence-electron chi connectivity index (χ3n) is 4.16. The molecule has 1 aromatic carbocycles. The van der Waals surface area contributed by atoms with E-state index < -0.39 is 0 Å². The summed E-state index contributed by atoms with van der Waals surface area (Å²) in [5.74, 6) is 0.706. The highest BCUT2D eigenvalue weighted by Crippen LogP contribution is 2.30. The monoisotopic (exact) mass is 311 g/mol. The zero-order valence-corrected chi connectivity index (χ0v) is 13.2. The predicted molar refractivity (Wildman–Crippen MR) is 86.3 cm³/mol. The third kappa shape index (κ3) is 3.02. The average molecular weight is 311 g/mol. The molecule has 0 radical (unpaired) electrons. The Hall–Kier alpha value is -2.19. The number of carbonyl (C=O) groups is 1. The van der Waals surface area contributed by atoms with E-state index in [1.165, 1.54) is 11.3 Å². The van der Waals surface area contributed by atoms with Gasteiger partial charge in [0.2, 0.25) is 0 Å². The maximum atomic E-state index is 12.4. The second-order valence-corrected chi connectivity index (χ2v) is 6.80. The van der Waals surface area contributed by atoms with Crippen molar-refractivity contribution >= 4 is 17.1 Å². The zero-order chi connectivity index (χ0) is 15.5. The summed E-state index contributed by atoms with van der Waals surface area (Å²) in [6.45, 7) is 3.54. The number of nitrogens with zero attached hydrogens (tertiary/aromatic N) is 3. The molecule has 1 aliphatic heterocycles. The van der Waals surface area contributed by atoms with Crippen LogP contribution in [0.3, 0.4) is 0 Å². The summed E-state index contributed by atoms with van der Waals surface area (Å²) in [7, 11) is 0. The van der Waals surface area contributed by atoms with Gasteiger partial charge in [-0.2, -0.15) is 5.26 Å². The highest BCUT2D eigenvalue weighted by molar-refractivity contribution is 7.17. The van der Waals surface area contributed by atoms with E-state index in [0.717, 1.165) is 17.0 Å². The van der Waals surface area contributed by atoms with Gasteiger partial charge in [0.1, 0.15) is 0 Å². The Kier molecular flexibility index (Phi) is 4.21. The molecule has 0 spiro atoms. The molecule has 0 N–H and O–H groups in total. The highest BCUT2D eigenvalue weighted by atomic mass is 32.1. The molecule has 0 aliphatic carbocycles. The fraction of sp³-hybridized carbons (Fsp3) is 0.353. The van der Waals surface area contributed by atoms with E-state index in [1.807, 2.05) is 30.3 Å². The van der Waals surface area contributed by atoms with Crippen LogP contribution in [0.5, 0.6) is 0 Å². The lowest BCUT2D eigenvalue weighted by molar-refractivity contribution is 0.0955. The minimum Gasteiger partial charge on any atom is -0.310 e. The molecule has 0 amide bonds. The minimum atomic E-state index is 0.0869. The summed E-state index contributed by atoms with van der Waals surface area (Å²) in [6.07, 6.45) is 4.42. The van der Waals surface area contributed by atoms with Crippen LogP contribution in [0.15, 0.2) is 36.5 Å². The Morgan fingerprint density at radius 1 is 1.41 bits per heavy atom. The molecule has 112 valence electrons. The van der Waals surface area contributed by atoms with Gasteiger partial charge in [-0.05, 0) is 17.4 Å². The van der Waals surface area contributed by atoms with Crippen LogP contribution in [0.4, 0.5) is 0 Å². The lowest BCUT2D eigenvalue weighted by Gasteiger charge is -2.11. The van der Waals surface area contributed by atoms with E-state index in [4.69, 9.17) is 5.26 Å². The minimum absolute atomic E-state index is 0.0869. The summed E-state index contributed by atoms with van der Waals surface area (Å²) < 4.78 is 0. The third-order valence-corrected chi connectivity index (χ3v) is 5.25. The van der Waals surface area contributed by atoms with Crippen LogP contribution >= 0.6 is 11.3 Å². The van der Waals surface area contributed by atoms with Crippen molar-refractivity contribution in [1.29, 1.82) is 5.26 Å². The zero-order valence-electron chi connectivity index (χ0n) is 12.4. The van der Waals surface area contributed by atoms with Crippen molar-refractivity contribution in [2.75, 3.05) is 13.1 Å². The second-order valence-electron chi connectivity index (χ2n) is 5.77. The number of hydrogen-bond acceptors (Lipinski definition) is 5. The van der Waals surface area contributed by atoms with E-state index in [1.54, 1.807) is 11.1 Å². The largest absolute Gasteiger partial charge is 0.310 e. The smallest absolute Gasteiger partial charge is 0.191 e. The van der Waals surface area contributed by atoms with E-state index in [0.29, 0.717) is 23.9 Å². The van der Waals surface area contributed by atoms with Gasteiger partial charge in [0.05, 0.1) is 4.88 Å². The molecular formula is C17H17N3OS. The van der Waals surface area contributed by atoms with Crippen molar-refractivity contribution in [1.82, 2.24) is 9.88 Å². The highest BCUT2D eigenvalue weighted by Gasteiger charge is 2.31. The summed E-state index contributed by atoms with van der Waals surface area (Å²) in [4.78, 5) is 19.5. The van der Waals surface area contributed by atoms with Crippen LogP contribution in [0.2, 0.25) is 0 Å². The molecule has 0 unspecified atom stereocenters. The van der Waals surface area contributed by atoms with Gasteiger partial charge in [0.25, 0.3) is 0 Å². The van der Waals surface area contributed by atoms with Crippen LogP contribution in [-0.4, -0.2) is 28.8 Å². The van der Waals surface area contributed by atoms with Gasteiger partial charge in [0, 0.05) is 25.7 Å². The summed E-state index contributed by atoms with van der Waals surface area (Å²) in [5.41, 5.74) is 1.09. The van der Waals surface area contributed by atoms with Crippen molar-refractivity contribution < 1.29 is 4.79 Å². The lowest BCUT2D eigenvalue weighted by Crippen LogP contribution is -2.16. The van der Waals surface area contributed by atoms with Gasteiger partial charge in [-0.1, -0.05) is 37.3 Å². The van der Waals surface area contributed by atoms with Gasteiger partial charge in [-0.15, -0.1) is 11.3 Å². The molecule has 4 nitrogen and oxygen atoms in total. The van der Waals surface area contributed by atoms with Gasteiger partial charge in [0.15, 0.2) is 17.0 Å². The molecule has 1 aliphatic rings. The summed E-state index contributed by atoms with van der Waals surface area (Å²) in [6, 6.07) is 9.97. The number of hydrogen-bond donors (Lipinski definition) is 0. The number of ketones is 1. The van der Waals surface area contributed by atoms with Gasteiger partial charge < -0.3 is 4.90 Å². The first-order valence-electron chi connectivity index (χ1n) is 7.36. The molecular weight excluding hydrogens is 294 g/mol. The first-order chi connectivity index (χ1) is 10.7. The molecule has 0 bridgehead atoms. The van der Waals surface area contributed by atoms with Gasteiger partial charge >= 0.3 is 0 Å².